The molecule has 1 saturated heterocycles. The topological polar surface area (TPSA) is 62.6 Å². The Labute approximate surface area is 236 Å². The predicted molar refractivity (Wildman–Crippen MR) is 147 cm³/mol. The zero-order valence-corrected chi connectivity index (χ0v) is 23.0. The number of rotatable bonds is 7. The molecule has 4 aromatic rings. The van der Waals surface area contributed by atoms with E-state index in [4.69, 9.17) is 14.2 Å². The Balaban J connectivity index is 1.30. The highest BCUT2D eigenvalue weighted by molar-refractivity contribution is 5.80. The summed E-state index contributed by atoms with van der Waals surface area (Å²) in [5, 5.41) is 0. The van der Waals surface area contributed by atoms with Crippen LogP contribution in [0.15, 0.2) is 54.6 Å². The van der Waals surface area contributed by atoms with E-state index in [0.717, 1.165) is 71.5 Å². The van der Waals surface area contributed by atoms with Gasteiger partial charge in [-0.1, -0.05) is 24.3 Å². The molecule has 3 aromatic carbocycles. The van der Waals surface area contributed by atoms with Gasteiger partial charge in [-0.2, -0.15) is 13.2 Å². The monoisotopic (exact) mass is 564 g/mol. The summed E-state index contributed by atoms with van der Waals surface area (Å²) in [6.45, 7) is 3.11. The van der Waals surface area contributed by atoms with Gasteiger partial charge in [0.25, 0.3) is 0 Å². The van der Waals surface area contributed by atoms with Gasteiger partial charge in [-0.15, -0.1) is 0 Å². The third-order valence-electron chi connectivity index (χ3n) is 8.17. The Morgan fingerprint density at radius 1 is 1.12 bits per heavy atom. The first kappa shape index (κ1) is 27.3. The number of halogens is 3. The minimum absolute atomic E-state index is 0.000632. The molecule has 0 saturated carbocycles. The molecule has 0 bridgehead atoms. The molecule has 1 aromatic heterocycles. The molecule has 2 atom stereocenters. The Morgan fingerprint density at radius 2 is 1.98 bits per heavy atom. The van der Waals surface area contributed by atoms with E-state index in [-0.39, 0.29) is 18.0 Å². The lowest BCUT2D eigenvalue weighted by molar-refractivity contribution is -0.141. The molecule has 41 heavy (non-hydrogen) atoms. The average molecular weight is 565 g/mol. The van der Waals surface area contributed by atoms with Crippen LogP contribution in [0.5, 0.6) is 5.75 Å². The highest BCUT2D eigenvalue weighted by Crippen LogP contribution is 2.38. The third kappa shape index (κ3) is 5.30. The van der Waals surface area contributed by atoms with Crippen molar-refractivity contribution in [1.29, 1.82) is 0 Å². The second-order valence-corrected chi connectivity index (χ2v) is 10.7. The molecular weight excluding hydrogens is 533 g/mol. The molecule has 6 rings (SSSR count). The second-order valence-electron chi connectivity index (χ2n) is 10.7. The summed E-state index contributed by atoms with van der Waals surface area (Å²) in [6, 6.07) is 16.0. The Bertz CT molecular complexity index is 1600. The number of benzene rings is 3. The van der Waals surface area contributed by atoms with Crippen LogP contribution in [0, 0.1) is 6.92 Å². The average Bonchev–Trinajstić information content (AvgIpc) is 3.70. The number of esters is 1. The van der Waals surface area contributed by atoms with E-state index >= 15 is 0 Å². The van der Waals surface area contributed by atoms with Crippen molar-refractivity contribution in [1.82, 2.24) is 9.55 Å². The van der Waals surface area contributed by atoms with E-state index in [2.05, 4.69) is 17.1 Å². The maximum Gasteiger partial charge on any atom is 0.416 e. The van der Waals surface area contributed by atoms with E-state index < -0.39 is 11.7 Å². The summed E-state index contributed by atoms with van der Waals surface area (Å²) in [5.74, 6) is 1.20. The van der Waals surface area contributed by atoms with Crippen molar-refractivity contribution in [3.05, 3.63) is 88.2 Å². The maximum absolute atomic E-state index is 13.5. The van der Waals surface area contributed by atoms with Crippen molar-refractivity contribution in [3.63, 3.8) is 0 Å². The Hall–Kier alpha value is -3.85. The van der Waals surface area contributed by atoms with Crippen LogP contribution in [-0.4, -0.2) is 35.8 Å². The zero-order chi connectivity index (χ0) is 28.7. The molecule has 9 heteroatoms. The molecule has 3 heterocycles. The molecule has 6 nitrogen and oxygen atoms in total. The van der Waals surface area contributed by atoms with Gasteiger partial charge in [0, 0.05) is 18.1 Å². The van der Waals surface area contributed by atoms with Crippen LogP contribution in [0.4, 0.5) is 13.2 Å². The lowest BCUT2D eigenvalue weighted by atomic mass is 9.94. The van der Waals surface area contributed by atoms with Crippen molar-refractivity contribution in [2.24, 2.45) is 0 Å². The summed E-state index contributed by atoms with van der Waals surface area (Å²) < 4.78 is 59.0. The smallest absolute Gasteiger partial charge is 0.416 e. The van der Waals surface area contributed by atoms with Crippen LogP contribution >= 0.6 is 0 Å². The van der Waals surface area contributed by atoms with Gasteiger partial charge < -0.3 is 14.2 Å². The number of imidazole rings is 1. The Morgan fingerprint density at radius 3 is 2.73 bits per heavy atom. The van der Waals surface area contributed by atoms with Crippen molar-refractivity contribution in [3.8, 4) is 11.4 Å². The number of aryl methyl sites for hydroxylation is 2. The lowest BCUT2D eigenvalue weighted by Gasteiger charge is -2.18. The van der Waals surface area contributed by atoms with Crippen molar-refractivity contribution < 1.29 is 32.2 Å². The molecule has 0 radical (unpaired) electrons. The van der Waals surface area contributed by atoms with Crippen LogP contribution in [0.1, 0.15) is 64.9 Å². The van der Waals surface area contributed by atoms with E-state index in [9.17, 15) is 18.0 Å². The molecular formula is C32H31F3N2O4. The molecule has 0 amide bonds. The van der Waals surface area contributed by atoms with Gasteiger partial charge in [-0.25, -0.2) is 4.98 Å². The van der Waals surface area contributed by atoms with Crippen LogP contribution in [-0.2, 0) is 33.3 Å². The van der Waals surface area contributed by atoms with E-state index in [0.29, 0.717) is 36.5 Å². The Kier molecular flexibility index (Phi) is 7.23. The number of fused-ring (bicyclic) bond motifs is 2. The lowest BCUT2D eigenvalue weighted by Crippen LogP contribution is -2.09. The highest BCUT2D eigenvalue weighted by atomic mass is 19.4. The number of hydrogen-bond acceptors (Lipinski definition) is 5. The van der Waals surface area contributed by atoms with Crippen molar-refractivity contribution in [2.45, 2.75) is 57.2 Å². The number of alkyl halides is 3. The van der Waals surface area contributed by atoms with Gasteiger partial charge in [-0.05, 0) is 79.6 Å². The molecule has 214 valence electrons. The number of hydrogen-bond donors (Lipinski definition) is 0. The number of ether oxygens (including phenoxy) is 3. The summed E-state index contributed by atoms with van der Waals surface area (Å²) in [6.07, 6.45) is -1.21. The number of nitrogens with zero attached hydrogens (tertiary/aromatic N) is 2. The molecule has 0 aliphatic carbocycles. The molecule has 0 N–H and O–H groups in total. The van der Waals surface area contributed by atoms with Gasteiger partial charge in [0.1, 0.15) is 17.7 Å². The summed E-state index contributed by atoms with van der Waals surface area (Å²) >= 11 is 0. The van der Waals surface area contributed by atoms with Gasteiger partial charge >= 0.3 is 12.1 Å². The van der Waals surface area contributed by atoms with Crippen LogP contribution in [0.3, 0.4) is 0 Å². The molecule has 1 fully saturated rings. The van der Waals surface area contributed by atoms with E-state index in [1.54, 1.807) is 0 Å². The number of methoxy groups -OCH3 is 1. The van der Waals surface area contributed by atoms with Crippen LogP contribution in [0.2, 0.25) is 0 Å². The number of carbonyl (C=O) groups excluding carboxylic acids is 1. The van der Waals surface area contributed by atoms with E-state index in [1.807, 2.05) is 35.8 Å². The zero-order valence-electron chi connectivity index (χ0n) is 23.0. The minimum atomic E-state index is -4.44. The second kappa shape index (κ2) is 10.9. The molecule has 2 aliphatic heterocycles. The SMILES string of the molecule is COC(=O)C[C@@H]1COc2cc(CCc3cccc(-n4c([C@H]5CCCO5)nc5cc(C(F)(F)F)ccc54)c3C)ccc21. The first-order chi connectivity index (χ1) is 19.7. The summed E-state index contributed by atoms with van der Waals surface area (Å²) in [5.41, 5.74) is 5.44. The van der Waals surface area contributed by atoms with Gasteiger partial charge in [0.2, 0.25) is 0 Å². The van der Waals surface area contributed by atoms with Crippen LogP contribution < -0.4 is 4.74 Å². The molecule has 0 unspecified atom stereocenters. The quantitative estimate of drug-likeness (QED) is 0.226. The fraction of sp³-hybridized carbons (Fsp3) is 0.375. The summed E-state index contributed by atoms with van der Waals surface area (Å²) in [7, 11) is 1.39. The van der Waals surface area contributed by atoms with Gasteiger partial charge in [0.05, 0.1) is 42.4 Å². The van der Waals surface area contributed by atoms with Crippen molar-refractivity contribution >= 4 is 17.0 Å². The minimum Gasteiger partial charge on any atom is -0.493 e. The van der Waals surface area contributed by atoms with Gasteiger partial charge in [0.15, 0.2) is 0 Å². The third-order valence-corrected chi connectivity index (χ3v) is 8.17. The fourth-order valence-corrected chi connectivity index (χ4v) is 5.92. The normalized spacial score (nSPS) is 18.5. The van der Waals surface area contributed by atoms with Crippen LogP contribution in [0.25, 0.3) is 16.7 Å². The van der Waals surface area contributed by atoms with Crippen molar-refractivity contribution in [2.75, 3.05) is 20.3 Å². The molecule has 0 spiro atoms. The van der Waals surface area contributed by atoms with Gasteiger partial charge in [-0.3, -0.25) is 9.36 Å². The predicted octanol–water partition coefficient (Wildman–Crippen LogP) is 7.03. The molecule has 2 aliphatic rings. The first-order valence-corrected chi connectivity index (χ1v) is 13.9. The number of aromatic nitrogens is 2. The first-order valence-electron chi connectivity index (χ1n) is 13.9. The number of carbonyl (C=O) groups is 1. The largest absolute Gasteiger partial charge is 0.493 e. The standard InChI is InChI=1S/C32H31F3N2O4/c1-19-21(10-8-20-9-12-24-22(16-30(38)39-2)18-41-29(24)15-20)5-3-6-26(19)37-27-13-11-23(32(33,34)35)17-25(27)36-31(37)28-7-4-14-40-28/h3,5-6,9,11-13,15,17,22,28H,4,7-8,10,14,16,18H2,1-2H3/t22-,28-/m1/s1. The fourth-order valence-electron chi connectivity index (χ4n) is 5.92. The highest BCUT2D eigenvalue weighted by Gasteiger charge is 2.32. The van der Waals surface area contributed by atoms with E-state index in [1.165, 1.54) is 13.2 Å². The maximum atomic E-state index is 13.5. The summed E-state index contributed by atoms with van der Waals surface area (Å²) in [4.78, 5) is 16.4.